The Morgan fingerprint density at radius 3 is 2.42 bits per heavy atom. The van der Waals surface area contributed by atoms with E-state index < -0.39 is 6.03 Å². The third-order valence-electron chi connectivity index (χ3n) is 3.91. The van der Waals surface area contributed by atoms with Gasteiger partial charge in [-0.05, 0) is 24.3 Å². The third kappa shape index (κ3) is 3.61. The summed E-state index contributed by atoms with van der Waals surface area (Å²) >= 11 is 0. The molecule has 0 unspecified atom stereocenters. The van der Waals surface area contributed by atoms with Gasteiger partial charge in [0.05, 0.1) is 0 Å². The van der Waals surface area contributed by atoms with Crippen molar-refractivity contribution >= 4 is 29.5 Å². The van der Waals surface area contributed by atoms with Crippen molar-refractivity contribution in [1.82, 2.24) is 20.2 Å². The van der Waals surface area contributed by atoms with Crippen LogP contribution in [0.15, 0.2) is 36.7 Å². The summed E-state index contributed by atoms with van der Waals surface area (Å²) in [5.41, 5.74) is 1.85. The Balaban J connectivity index is 1.67. The zero-order valence-electron chi connectivity index (χ0n) is 14.4. The summed E-state index contributed by atoms with van der Waals surface area (Å²) in [5.74, 6) is 0.000314. The third-order valence-corrected chi connectivity index (χ3v) is 3.91. The lowest BCUT2D eigenvalue weighted by atomic mass is 10.1. The number of anilines is 2. The van der Waals surface area contributed by atoms with Gasteiger partial charge in [-0.3, -0.25) is 19.8 Å². The molecule has 1 aliphatic rings. The lowest BCUT2D eigenvalue weighted by molar-refractivity contribution is -0.117. The molecule has 1 aromatic heterocycles. The minimum absolute atomic E-state index is 0.0192. The van der Waals surface area contributed by atoms with Gasteiger partial charge in [0, 0.05) is 49.8 Å². The molecule has 2 N–H and O–H groups in total. The lowest BCUT2D eigenvalue weighted by Crippen LogP contribution is -2.28. The molecule has 0 aliphatic carbocycles. The van der Waals surface area contributed by atoms with E-state index in [-0.39, 0.29) is 18.4 Å². The molecule has 0 saturated carbocycles. The van der Waals surface area contributed by atoms with Crippen molar-refractivity contribution < 1.29 is 14.4 Å². The predicted molar refractivity (Wildman–Crippen MR) is 94.7 cm³/mol. The fourth-order valence-corrected chi connectivity index (χ4v) is 2.57. The monoisotopic (exact) mass is 354 g/mol. The number of benzene rings is 1. The molecular weight excluding hydrogens is 336 g/mol. The second-order valence-corrected chi connectivity index (χ2v) is 5.81. The first-order valence-corrected chi connectivity index (χ1v) is 7.93. The van der Waals surface area contributed by atoms with Gasteiger partial charge in [0.2, 0.25) is 11.9 Å². The molecule has 2 heterocycles. The Bertz CT molecular complexity index is 835. The molecule has 2 aromatic rings. The minimum Gasteiger partial charge on any atom is -0.357 e. The van der Waals surface area contributed by atoms with Gasteiger partial charge in [0.15, 0.2) is 0 Å². The number of amides is 4. The highest BCUT2D eigenvalue weighted by atomic mass is 16.2. The van der Waals surface area contributed by atoms with Gasteiger partial charge in [-0.1, -0.05) is 0 Å². The molecule has 9 heteroatoms. The zero-order valence-corrected chi connectivity index (χ0v) is 14.4. The van der Waals surface area contributed by atoms with Gasteiger partial charge in [0.1, 0.15) is 6.54 Å². The number of urea groups is 1. The molecule has 1 aromatic carbocycles. The first-order chi connectivity index (χ1) is 12.5. The van der Waals surface area contributed by atoms with Crippen LogP contribution in [0.4, 0.5) is 16.4 Å². The summed E-state index contributed by atoms with van der Waals surface area (Å²) in [4.78, 5) is 46.6. The van der Waals surface area contributed by atoms with E-state index in [0.29, 0.717) is 23.7 Å². The molecule has 0 bridgehead atoms. The molecule has 1 fully saturated rings. The first-order valence-electron chi connectivity index (χ1n) is 7.93. The van der Waals surface area contributed by atoms with E-state index in [2.05, 4.69) is 20.6 Å². The van der Waals surface area contributed by atoms with E-state index in [4.69, 9.17) is 0 Å². The molecule has 3 rings (SSSR count). The number of hydrogen-bond acceptors (Lipinski definition) is 6. The summed E-state index contributed by atoms with van der Waals surface area (Å²) in [7, 11) is 3.42. The smallest absolute Gasteiger partial charge is 0.329 e. The molecule has 1 saturated heterocycles. The van der Waals surface area contributed by atoms with E-state index in [9.17, 15) is 14.4 Å². The van der Waals surface area contributed by atoms with Crippen LogP contribution >= 0.6 is 0 Å². The van der Waals surface area contributed by atoms with E-state index in [0.717, 1.165) is 5.56 Å². The molecule has 0 atom stereocenters. The van der Waals surface area contributed by atoms with Crippen molar-refractivity contribution in [2.75, 3.05) is 30.9 Å². The molecule has 0 radical (unpaired) electrons. The molecule has 134 valence electrons. The van der Waals surface area contributed by atoms with Crippen LogP contribution in [0.3, 0.4) is 0 Å². The summed E-state index contributed by atoms with van der Waals surface area (Å²) < 4.78 is 0. The van der Waals surface area contributed by atoms with E-state index in [1.54, 1.807) is 55.7 Å². The Hall–Kier alpha value is -3.49. The summed E-state index contributed by atoms with van der Waals surface area (Å²) in [5, 5.41) is 5.05. The zero-order chi connectivity index (χ0) is 18.7. The van der Waals surface area contributed by atoms with Gasteiger partial charge in [-0.25, -0.2) is 14.8 Å². The predicted octanol–water partition coefficient (Wildman–Crippen LogP) is 0.847. The lowest BCUT2D eigenvalue weighted by Gasteiger charge is -2.18. The Morgan fingerprint density at radius 1 is 1.23 bits per heavy atom. The van der Waals surface area contributed by atoms with Crippen molar-refractivity contribution in [3.8, 4) is 0 Å². The van der Waals surface area contributed by atoms with Crippen LogP contribution in [0.5, 0.6) is 0 Å². The molecule has 1 aliphatic heterocycles. The van der Waals surface area contributed by atoms with Gasteiger partial charge >= 0.3 is 6.03 Å². The maximum Gasteiger partial charge on any atom is 0.329 e. The highest BCUT2D eigenvalue weighted by Gasteiger charge is 2.28. The Labute approximate surface area is 150 Å². The maximum atomic E-state index is 12.5. The number of aromatic nitrogens is 2. The van der Waals surface area contributed by atoms with Crippen molar-refractivity contribution in [3.63, 3.8) is 0 Å². The van der Waals surface area contributed by atoms with Gasteiger partial charge in [-0.2, -0.15) is 0 Å². The van der Waals surface area contributed by atoms with Crippen LogP contribution in [0.2, 0.25) is 0 Å². The SMILES string of the molecule is CNc1ncc(CN(C)C(=O)c2ccc(N3CC(=O)NC3=O)cc2)cn1. The quantitative estimate of drug-likeness (QED) is 0.771. The number of carbonyl (C=O) groups is 3. The average Bonchev–Trinajstić information content (AvgIpc) is 3.00. The number of imide groups is 1. The van der Waals surface area contributed by atoms with Crippen LogP contribution < -0.4 is 15.5 Å². The fourth-order valence-electron chi connectivity index (χ4n) is 2.57. The maximum absolute atomic E-state index is 12.5. The molecule has 0 spiro atoms. The summed E-state index contributed by atoms with van der Waals surface area (Å²) in [6.07, 6.45) is 3.32. The topological polar surface area (TPSA) is 108 Å². The fraction of sp³-hybridized carbons (Fsp3) is 0.235. The first kappa shape index (κ1) is 17.3. The Morgan fingerprint density at radius 2 is 1.88 bits per heavy atom. The largest absolute Gasteiger partial charge is 0.357 e. The summed E-state index contributed by atoms with van der Waals surface area (Å²) in [6.45, 7) is 0.349. The van der Waals surface area contributed by atoms with Crippen LogP contribution in [0.1, 0.15) is 15.9 Å². The molecule has 4 amide bonds. The average molecular weight is 354 g/mol. The van der Waals surface area contributed by atoms with E-state index in [1.807, 2.05) is 0 Å². The standard InChI is InChI=1S/C17H18N6O3/c1-18-16-19-7-11(8-20-16)9-22(2)15(25)12-3-5-13(6-4-12)23-10-14(24)21-17(23)26/h3-8H,9-10H2,1-2H3,(H,18,19,20)(H,21,24,26). The second-order valence-electron chi connectivity index (χ2n) is 5.81. The highest BCUT2D eigenvalue weighted by Crippen LogP contribution is 2.18. The van der Waals surface area contributed by atoms with Crippen molar-refractivity contribution in [2.24, 2.45) is 0 Å². The van der Waals surface area contributed by atoms with Gasteiger partial charge in [-0.15, -0.1) is 0 Å². The Kier molecular flexibility index (Phi) is 4.78. The van der Waals surface area contributed by atoms with Crippen LogP contribution in [0.25, 0.3) is 0 Å². The second kappa shape index (κ2) is 7.18. The number of nitrogens with one attached hydrogen (secondary N) is 2. The minimum atomic E-state index is -0.462. The number of carbonyl (C=O) groups excluding carboxylic acids is 3. The van der Waals surface area contributed by atoms with Crippen LogP contribution in [0, 0.1) is 0 Å². The highest BCUT2D eigenvalue weighted by molar-refractivity contribution is 6.12. The van der Waals surface area contributed by atoms with Crippen molar-refractivity contribution in [2.45, 2.75) is 6.54 Å². The van der Waals surface area contributed by atoms with Gasteiger partial charge < -0.3 is 10.2 Å². The van der Waals surface area contributed by atoms with Crippen LogP contribution in [-0.2, 0) is 11.3 Å². The molecular formula is C17H18N6O3. The van der Waals surface area contributed by atoms with E-state index >= 15 is 0 Å². The van der Waals surface area contributed by atoms with Crippen molar-refractivity contribution in [1.29, 1.82) is 0 Å². The van der Waals surface area contributed by atoms with Gasteiger partial charge in [0.25, 0.3) is 5.91 Å². The van der Waals surface area contributed by atoms with E-state index in [1.165, 1.54) is 4.90 Å². The molecule has 9 nitrogen and oxygen atoms in total. The number of nitrogens with zero attached hydrogens (tertiary/aromatic N) is 4. The van der Waals surface area contributed by atoms with Crippen molar-refractivity contribution in [3.05, 3.63) is 47.8 Å². The van der Waals surface area contributed by atoms with Crippen LogP contribution in [-0.4, -0.2) is 53.4 Å². The number of rotatable bonds is 5. The molecule has 26 heavy (non-hydrogen) atoms. The normalized spacial score (nSPS) is 13.5. The summed E-state index contributed by atoms with van der Waals surface area (Å²) in [6, 6.07) is 6.08. The number of hydrogen-bond donors (Lipinski definition) is 2.